The number of carbonyl (C=O) groups is 1. The zero-order valence-electron chi connectivity index (χ0n) is 12.8. The number of benzene rings is 1. The number of amides is 1. The highest BCUT2D eigenvalue weighted by Crippen LogP contribution is 2.17. The molecular formula is C17H25NOS. The first-order chi connectivity index (χ1) is 9.43. The van der Waals surface area contributed by atoms with Crippen molar-refractivity contribution in [3.63, 3.8) is 0 Å². The van der Waals surface area contributed by atoms with Crippen LogP contribution in [0.25, 0.3) is 5.57 Å². The van der Waals surface area contributed by atoms with E-state index < -0.39 is 0 Å². The monoisotopic (exact) mass is 291 g/mol. The molecule has 0 radical (unpaired) electrons. The van der Waals surface area contributed by atoms with Crippen LogP contribution in [-0.2, 0) is 11.2 Å². The van der Waals surface area contributed by atoms with Crippen molar-refractivity contribution in [3.05, 3.63) is 41.5 Å². The molecule has 0 aliphatic heterocycles. The Morgan fingerprint density at radius 1 is 1.30 bits per heavy atom. The highest BCUT2D eigenvalue weighted by Gasteiger charge is 2.13. The van der Waals surface area contributed by atoms with Crippen molar-refractivity contribution >= 4 is 24.1 Å². The normalized spacial score (nSPS) is 13.4. The smallest absolute Gasteiger partial charge is 0.233 e. The van der Waals surface area contributed by atoms with Crippen LogP contribution in [0, 0.1) is 0 Å². The number of hydrogen-bond acceptors (Lipinski definition) is 2. The maximum Gasteiger partial charge on any atom is 0.233 e. The Hall–Kier alpha value is -1.22. The summed E-state index contributed by atoms with van der Waals surface area (Å²) in [6.07, 6.45) is 3.78. The molecule has 0 saturated heterocycles. The lowest BCUT2D eigenvalue weighted by Crippen LogP contribution is -2.36. The molecule has 0 aliphatic carbocycles. The number of hydrogen-bond donors (Lipinski definition) is 2. The van der Waals surface area contributed by atoms with Crippen LogP contribution >= 0.6 is 12.6 Å². The van der Waals surface area contributed by atoms with Gasteiger partial charge in [-0.05, 0) is 50.3 Å². The van der Waals surface area contributed by atoms with Crippen LogP contribution in [-0.4, -0.2) is 17.2 Å². The van der Waals surface area contributed by atoms with Gasteiger partial charge in [0.15, 0.2) is 0 Å². The van der Waals surface area contributed by atoms with E-state index in [4.69, 9.17) is 0 Å². The number of nitrogens with one attached hydrogen (secondary N) is 1. The summed E-state index contributed by atoms with van der Waals surface area (Å²) in [5.74, 6) is -0.00582. The Morgan fingerprint density at radius 3 is 2.40 bits per heavy atom. The molecule has 1 aromatic rings. The molecule has 1 aromatic carbocycles. The molecular weight excluding hydrogens is 266 g/mol. The van der Waals surface area contributed by atoms with Gasteiger partial charge in [-0.1, -0.05) is 37.3 Å². The summed E-state index contributed by atoms with van der Waals surface area (Å²) < 4.78 is 0. The van der Waals surface area contributed by atoms with Crippen molar-refractivity contribution < 1.29 is 4.79 Å². The summed E-state index contributed by atoms with van der Waals surface area (Å²) in [6.45, 7) is 8.13. The third-order valence-electron chi connectivity index (χ3n) is 3.20. The fraction of sp³-hybridized carbons (Fsp3) is 0.471. The second-order valence-corrected chi connectivity index (χ2v) is 5.98. The van der Waals surface area contributed by atoms with E-state index in [0.29, 0.717) is 6.42 Å². The molecule has 2 nitrogen and oxygen atoms in total. The lowest BCUT2D eigenvalue weighted by Gasteiger charge is -2.12. The van der Waals surface area contributed by atoms with Crippen LogP contribution in [0.5, 0.6) is 0 Å². The summed E-state index contributed by atoms with van der Waals surface area (Å²) in [7, 11) is 0. The van der Waals surface area contributed by atoms with E-state index in [0.717, 1.165) is 6.42 Å². The van der Waals surface area contributed by atoms with Crippen molar-refractivity contribution in [2.75, 3.05) is 0 Å². The van der Waals surface area contributed by atoms with Gasteiger partial charge in [-0.3, -0.25) is 4.79 Å². The fourth-order valence-corrected chi connectivity index (χ4v) is 2.08. The standard InChI is InChI=1S/C17H25NOS/c1-5-14-7-9-15(10-8-14)13(4)6-11-16(20)17(19)18-12(2)3/h6-10,12,16,20H,5,11H2,1-4H3,(H,18,19)/b13-6+. The average molecular weight is 291 g/mol. The number of carbonyl (C=O) groups excluding carboxylic acids is 1. The first-order valence-corrected chi connectivity index (χ1v) is 7.70. The Morgan fingerprint density at radius 2 is 1.90 bits per heavy atom. The number of rotatable bonds is 6. The molecule has 1 N–H and O–H groups in total. The molecule has 3 heteroatoms. The van der Waals surface area contributed by atoms with E-state index >= 15 is 0 Å². The van der Waals surface area contributed by atoms with Gasteiger partial charge in [-0.15, -0.1) is 0 Å². The SMILES string of the molecule is CCc1ccc(/C(C)=C/CC(S)C(=O)NC(C)C)cc1. The minimum absolute atomic E-state index is 0.00582. The molecule has 1 rings (SSSR count). The number of aryl methyl sites for hydroxylation is 1. The maximum absolute atomic E-state index is 11.8. The lowest BCUT2D eigenvalue weighted by atomic mass is 10.0. The average Bonchev–Trinajstić information content (AvgIpc) is 2.43. The van der Waals surface area contributed by atoms with Crippen molar-refractivity contribution in [3.8, 4) is 0 Å². The summed E-state index contributed by atoms with van der Waals surface area (Å²) in [4.78, 5) is 11.8. The summed E-state index contributed by atoms with van der Waals surface area (Å²) in [6, 6.07) is 8.72. The third-order valence-corrected chi connectivity index (χ3v) is 3.64. The van der Waals surface area contributed by atoms with Crippen LogP contribution in [0.4, 0.5) is 0 Å². The fourth-order valence-electron chi connectivity index (χ4n) is 1.90. The van der Waals surface area contributed by atoms with Crippen LogP contribution < -0.4 is 5.32 Å². The van der Waals surface area contributed by atoms with Gasteiger partial charge >= 0.3 is 0 Å². The topological polar surface area (TPSA) is 29.1 Å². The van der Waals surface area contributed by atoms with Crippen molar-refractivity contribution in [1.29, 1.82) is 0 Å². The van der Waals surface area contributed by atoms with E-state index in [1.807, 2.05) is 13.8 Å². The largest absolute Gasteiger partial charge is 0.353 e. The van der Waals surface area contributed by atoms with Crippen molar-refractivity contribution in [1.82, 2.24) is 5.32 Å². The molecule has 0 saturated carbocycles. The lowest BCUT2D eigenvalue weighted by molar-refractivity contribution is -0.120. The summed E-state index contributed by atoms with van der Waals surface area (Å²) in [5, 5.41) is 2.59. The van der Waals surface area contributed by atoms with Crippen molar-refractivity contribution in [2.24, 2.45) is 0 Å². The molecule has 1 atom stereocenters. The predicted octanol–water partition coefficient (Wildman–Crippen LogP) is 3.87. The van der Waals surface area contributed by atoms with E-state index in [9.17, 15) is 4.79 Å². The van der Waals surface area contributed by atoms with E-state index in [-0.39, 0.29) is 17.2 Å². The van der Waals surface area contributed by atoms with E-state index in [1.54, 1.807) is 0 Å². The van der Waals surface area contributed by atoms with Crippen LogP contribution in [0.3, 0.4) is 0 Å². The Balaban J connectivity index is 2.62. The molecule has 0 bridgehead atoms. The Kier molecular flexibility index (Phi) is 6.86. The van der Waals surface area contributed by atoms with Crippen molar-refractivity contribution in [2.45, 2.75) is 51.8 Å². The predicted molar refractivity (Wildman–Crippen MR) is 90.1 cm³/mol. The molecule has 0 aromatic heterocycles. The second-order valence-electron chi connectivity index (χ2n) is 5.35. The quantitative estimate of drug-likeness (QED) is 0.766. The highest BCUT2D eigenvalue weighted by molar-refractivity contribution is 7.81. The molecule has 1 unspecified atom stereocenters. The van der Waals surface area contributed by atoms with Crippen LogP contribution in [0.15, 0.2) is 30.3 Å². The maximum atomic E-state index is 11.8. The number of allylic oxidation sites excluding steroid dienone is 2. The minimum atomic E-state index is -0.290. The molecule has 1 amide bonds. The Labute approximate surface area is 128 Å². The molecule has 0 heterocycles. The molecule has 20 heavy (non-hydrogen) atoms. The zero-order valence-corrected chi connectivity index (χ0v) is 13.7. The van der Waals surface area contributed by atoms with Gasteiger partial charge in [0.05, 0.1) is 5.25 Å². The molecule has 0 aliphatic rings. The molecule has 0 spiro atoms. The first-order valence-electron chi connectivity index (χ1n) is 7.18. The first kappa shape index (κ1) is 16.8. The van der Waals surface area contributed by atoms with E-state index in [1.165, 1.54) is 16.7 Å². The van der Waals surface area contributed by atoms with Gasteiger partial charge in [0, 0.05) is 6.04 Å². The van der Waals surface area contributed by atoms with Crippen LogP contribution in [0.2, 0.25) is 0 Å². The van der Waals surface area contributed by atoms with Gasteiger partial charge in [0.25, 0.3) is 0 Å². The molecule has 0 fully saturated rings. The van der Waals surface area contributed by atoms with Gasteiger partial charge < -0.3 is 5.32 Å². The van der Waals surface area contributed by atoms with Gasteiger partial charge in [-0.25, -0.2) is 0 Å². The minimum Gasteiger partial charge on any atom is -0.353 e. The third kappa shape index (κ3) is 5.41. The Bertz CT molecular complexity index is 462. The van der Waals surface area contributed by atoms with E-state index in [2.05, 4.69) is 62.1 Å². The van der Waals surface area contributed by atoms with Gasteiger partial charge in [0.2, 0.25) is 5.91 Å². The summed E-state index contributed by atoms with van der Waals surface area (Å²) in [5.41, 5.74) is 3.72. The zero-order chi connectivity index (χ0) is 15.1. The second kappa shape index (κ2) is 8.15. The van der Waals surface area contributed by atoms with Gasteiger partial charge in [0.1, 0.15) is 0 Å². The number of thiol groups is 1. The summed E-state index contributed by atoms with van der Waals surface area (Å²) >= 11 is 4.36. The van der Waals surface area contributed by atoms with Gasteiger partial charge in [-0.2, -0.15) is 12.6 Å². The van der Waals surface area contributed by atoms with Crippen LogP contribution in [0.1, 0.15) is 45.2 Å². The molecule has 110 valence electrons. The highest BCUT2D eigenvalue weighted by atomic mass is 32.1.